The van der Waals surface area contributed by atoms with Crippen LogP contribution in [-0.2, 0) is 6.54 Å². The number of aliphatic hydroxyl groups is 1. The minimum atomic E-state index is -0.515. The molecule has 1 heterocycles. The topological polar surface area (TPSA) is 41.5 Å². The monoisotopic (exact) mass is 355 g/mol. The van der Waals surface area contributed by atoms with Gasteiger partial charge in [0.1, 0.15) is 18.5 Å². The SMILES string of the molecule is Cc1cccc(OCC(O)CNCc2ccc(Br)s2)c1. The van der Waals surface area contributed by atoms with Gasteiger partial charge in [0.25, 0.3) is 0 Å². The first-order valence-corrected chi connectivity index (χ1v) is 8.07. The van der Waals surface area contributed by atoms with Gasteiger partial charge in [0.15, 0.2) is 0 Å². The first-order valence-electron chi connectivity index (χ1n) is 6.46. The van der Waals surface area contributed by atoms with Gasteiger partial charge in [-0.05, 0) is 52.7 Å². The Labute approximate surface area is 131 Å². The second-order valence-corrected chi connectivity index (χ2v) is 7.17. The lowest BCUT2D eigenvalue weighted by Gasteiger charge is -2.13. The summed E-state index contributed by atoms with van der Waals surface area (Å²) in [6.45, 7) is 3.59. The lowest BCUT2D eigenvalue weighted by atomic mass is 10.2. The highest BCUT2D eigenvalue weighted by molar-refractivity contribution is 9.11. The van der Waals surface area contributed by atoms with Crippen LogP contribution in [0.1, 0.15) is 10.4 Å². The molecule has 1 unspecified atom stereocenters. The van der Waals surface area contributed by atoms with Gasteiger partial charge in [-0.3, -0.25) is 0 Å². The van der Waals surface area contributed by atoms with Gasteiger partial charge >= 0.3 is 0 Å². The van der Waals surface area contributed by atoms with E-state index in [-0.39, 0.29) is 0 Å². The Bertz CT molecular complexity index is 544. The standard InChI is InChI=1S/C15H18BrNO2S/c1-11-3-2-4-13(7-11)19-10-12(18)8-17-9-14-5-6-15(16)20-14/h2-7,12,17-18H,8-10H2,1H3. The van der Waals surface area contributed by atoms with Crippen molar-refractivity contribution in [2.75, 3.05) is 13.2 Å². The lowest BCUT2D eigenvalue weighted by Crippen LogP contribution is -2.30. The third kappa shape index (κ3) is 5.25. The number of hydrogen-bond donors (Lipinski definition) is 2. The second-order valence-electron chi connectivity index (χ2n) is 4.62. The summed E-state index contributed by atoms with van der Waals surface area (Å²) in [5.74, 6) is 0.797. The van der Waals surface area contributed by atoms with Crippen LogP contribution in [0.5, 0.6) is 5.75 Å². The summed E-state index contributed by atoms with van der Waals surface area (Å²) in [7, 11) is 0. The van der Waals surface area contributed by atoms with E-state index < -0.39 is 6.10 Å². The molecule has 2 aromatic rings. The summed E-state index contributed by atoms with van der Waals surface area (Å²) >= 11 is 5.12. The highest BCUT2D eigenvalue weighted by Gasteiger charge is 2.05. The molecule has 1 aromatic carbocycles. The van der Waals surface area contributed by atoms with Crippen molar-refractivity contribution in [1.29, 1.82) is 0 Å². The Morgan fingerprint density at radius 3 is 2.90 bits per heavy atom. The van der Waals surface area contributed by atoms with Crippen molar-refractivity contribution < 1.29 is 9.84 Å². The quantitative estimate of drug-likeness (QED) is 0.800. The summed E-state index contributed by atoms with van der Waals surface area (Å²) in [6.07, 6.45) is -0.515. The fourth-order valence-corrected chi connectivity index (χ4v) is 3.22. The molecule has 0 amide bonds. The molecule has 0 bridgehead atoms. The average Bonchev–Trinajstić information content (AvgIpc) is 2.82. The van der Waals surface area contributed by atoms with E-state index in [1.807, 2.05) is 37.3 Å². The fourth-order valence-electron chi connectivity index (χ4n) is 1.77. The van der Waals surface area contributed by atoms with Gasteiger partial charge < -0.3 is 15.2 Å². The van der Waals surface area contributed by atoms with Gasteiger partial charge in [0.2, 0.25) is 0 Å². The molecule has 1 aromatic heterocycles. The van der Waals surface area contributed by atoms with Crippen molar-refractivity contribution in [2.45, 2.75) is 19.6 Å². The molecule has 0 radical (unpaired) electrons. The van der Waals surface area contributed by atoms with Crippen LogP contribution >= 0.6 is 27.3 Å². The first-order chi connectivity index (χ1) is 9.63. The Kier molecular flexibility index (Phi) is 6.04. The Morgan fingerprint density at radius 1 is 1.35 bits per heavy atom. The number of hydrogen-bond acceptors (Lipinski definition) is 4. The van der Waals surface area contributed by atoms with Gasteiger partial charge in [-0.2, -0.15) is 0 Å². The van der Waals surface area contributed by atoms with Crippen molar-refractivity contribution >= 4 is 27.3 Å². The van der Waals surface area contributed by atoms with Crippen LogP contribution in [0.3, 0.4) is 0 Å². The summed E-state index contributed by atoms with van der Waals surface area (Å²) in [5, 5.41) is 13.1. The summed E-state index contributed by atoms with van der Waals surface area (Å²) in [4.78, 5) is 1.24. The Balaban J connectivity index is 1.66. The maximum atomic E-state index is 9.87. The van der Waals surface area contributed by atoms with Gasteiger partial charge in [-0.25, -0.2) is 0 Å². The van der Waals surface area contributed by atoms with E-state index >= 15 is 0 Å². The highest BCUT2D eigenvalue weighted by atomic mass is 79.9. The van der Waals surface area contributed by atoms with Crippen LogP contribution in [0.2, 0.25) is 0 Å². The van der Waals surface area contributed by atoms with E-state index in [1.165, 1.54) is 4.88 Å². The molecule has 0 saturated heterocycles. The van der Waals surface area contributed by atoms with Crippen molar-refractivity contribution in [3.63, 3.8) is 0 Å². The fraction of sp³-hybridized carbons (Fsp3) is 0.333. The van der Waals surface area contributed by atoms with Crippen LogP contribution in [0.4, 0.5) is 0 Å². The molecular formula is C15H18BrNO2S. The Morgan fingerprint density at radius 2 is 2.20 bits per heavy atom. The third-order valence-electron chi connectivity index (χ3n) is 2.74. The van der Waals surface area contributed by atoms with Crippen molar-refractivity contribution in [2.24, 2.45) is 0 Å². The number of aliphatic hydroxyl groups excluding tert-OH is 1. The zero-order valence-corrected chi connectivity index (χ0v) is 13.7. The number of ether oxygens (including phenoxy) is 1. The molecule has 1 atom stereocenters. The zero-order chi connectivity index (χ0) is 14.4. The highest BCUT2D eigenvalue weighted by Crippen LogP contribution is 2.21. The van der Waals surface area contributed by atoms with Gasteiger partial charge in [0.05, 0.1) is 3.79 Å². The lowest BCUT2D eigenvalue weighted by molar-refractivity contribution is 0.106. The molecule has 2 rings (SSSR count). The largest absolute Gasteiger partial charge is 0.491 e. The predicted octanol–water partition coefficient (Wildman–Crippen LogP) is 3.35. The molecule has 2 N–H and O–H groups in total. The third-order valence-corrected chi connectivity index (χ3v) is 4.36. The van der Waals surface area contributed by atoms with Crippen molar-refractivity contribution in [3.05, 3.63) is 50.6 Å². The molecule has 0 aliphatic heterocycles. The average molecular weight is 356 g/mol. The van der Waals surface area contributed by atoms with Gasteiger partial charge in [0, 0.05) is 18.0 Å². The van der Waals surface area contributed by atoms with Crippen LogP contribution in [-0.4, -0.2) is 24.4 Å². The summed E-state index contributed by atoms with van der Waals surface area (Å²) in [5.41, 5.74) is 1.15. The molecule has 3 nitrogen and oxygen atoms in total. The molecule has 5 heteroatoms. The smallest absolute Gasteiger partial charge is 0.119 e. The molecule has 20 heavy (non-hydrogen) atoms. The van der Waals surface area contributed by atoms with Gasteiger partial charge in [-0.1, -0.05) is 12.1 Å². The maximum Gasteiger partial charge on any atom is 0.119 e. The number of halogens is 1. The predicted molar refractivity (Wildman–Crippen MR) is 86.4 cm³/mol. The maximum absolute atomic E-state index is 9.87. The number of thiophene rings is 1. The van der Waals surface area contributed by atoms with Crippen LogP contribution in [0.25, 0.3) is 0 Å². The first kappa shape index (κ1) is 15.5. The van der Waals surface area contributed by atoms with Gasteiger partial charge in [-0.15, -0.1) is 11.3 Å². The molecule has 0 aliphatic carbocycles. The molecule has 0 aliphatic rings. The summed E-state index contributed by atoms with van der Waals surface area (Å²) in [6, 6.07) is 11.9. The number of benzene rings is 1. The van der Waals surface area contributed by atoms with Crippen molar-refractivity contribution in [3.8, 4) is 5.75 Å². The second kappa shape index (κ2) is 7.78. The number of nitrogens with one attached hydrogen (secondary N) is 1. The van der Waals surface area contributed by atoms with Crippen LogP contribution < -0.4 is 10.1 Å². The van der Waals surface area contributed by atoms with Crippen LogP contribution in [0.15, 0.2) is 40.2 Å². The molecule has 108 valence electrons. The number of aryl methyl sites for hydroxylation is 1. The Hall–Kier alpha value is -0.880. The van der Waals surface area contributed by atoms with Crippen molar-refractivity contribution in [1.82, 2.24) is 5.32 Å². The zero-order valence-electron chi connectivity index (χ0n) is 11.3. The molecule has 0 fully saturated rings. The minimum Gasteiger partial charge on any atom is -0.491 e. The van der Waals surface area contributed by atoms with Crippen LogP contribution in [0, 0.1) is 6.92 Å². The van der Waals surface area contributed by atoms with E-state index in [0.717, 1.165) is 21.6 Å². The normalized spacial score (nSPS) is 12.3. The molecule has 0 saturated carbocycles. The van der Waals surface area contributed by atoms with E-state index in [9.17, 15) is 5.11 Å². The molecular weight excluding hydrogens is 338 g/mol. The molecule has 0 spiro atoms. The van der Waals surface area contributed by atoms with E-state index in [1.54, 1.807) is 11.3 Å². The van der Waals surface area contributed by atoms with E-state index in [0.29, 0.717) is 13.2 Å². The van der Waals surface area contributed by atoms with E-state index in [2.05, 4.69) is 27.3 Å². The minimum absolute atomic E-state index is 0.296. The van der Waals surface area contributed by atoms with E-state index in [4.69, 9.17) is 4.74 Å². The summed E-state index contributed by atoms with van der Waals surface area (Å²) < 4.78 is 6.68. The number of rotatable bonds is 7.